The Morgan fingerprint density at radius 3 is 1.66 bits per heavy atom. The second kappa shape index (κ2) is 12.8. The van der Waals surface area contributed by atoms with Gasteiger partial charge in [-0.2, -0.15) is 0 Å². The maximum atomic E-state index is 13.4. The summed E-state index contributed by atoms with van der Waals surface area (Å²) in [6.07, 6.45) is 6.89. The third-order valence-electron chi connectivity index (χ3n) is 5.40. The summed E-state index contributed by atoms with van der Waals surface area (Å²) < 4.78 is 67.7. The molecule has 1 radical (unpaired) electrons. The summed E-state index contributed by atoms with van der Waals surface area (Å²) >= 11 is 0. The molecule has 0 fully saturated rings. The van der Waals surface area contributed by atoms with Gasteiger partial charge in [-0.15, -0.1) is 0 Å². The minimum Gasteiger partial charge on any atom is -0.205 e. The van der Waals surface area contributed by atoms with Crippen LogP contribution in [0.4, 0.5) is 22.0 Å². The van der Waals surface area contributed by atoms with Crippen molar-refractivity contribution in [3.05, 3.63) is 120 Å². The molecular weight excluding hydrogens is 456 g/mol. The van der Waals surface area contributed by atoms with E-state index in [4.69, 9.17) is 0 Å². The van der Waals surface area contributed by atoms with E-state index in [-0.39, 0.29) is 6.32 Å². The fourth-order valence-corrected chi connectivity index (χ4v) is 3.41. The van der Waals surface area contributed by atoms with Crippen molar-refractivity contribution >= 4 is 12.7 Å². The van der Waals surface area contributed by atoms with Crippen molar-refractivity contribution in [3.8, 4) is 11.1 Å². The quantitative estimate of drug-likeness (QED) is 0.0952. The molecule has 0 atom stereocenters. The minimum atomic E-state index is -2.15. The minimum absolute atomic E-state index is 0.0686. The Kier molecular flexibility index (Phi) is 9.59. The second-order valence-corrected chi connectivity index (χ2v) is 7.92. The zero-order valence-corrected chi connectivity index (χ0v) is 19.3. The maximum absolute atomic E-state index is 13.4. The first-order valence-corrected chi connectivity index (χ1v) is 11.4. The highest BCUT2D eigenvalue weighted by molar-refractivity contribution is 6.53. The van der Waals surface area contributed by atoms with E-state index in [1.54, 1.807) is 30.3 Å². The molecule has 1 heterocycles. The zero-order chi connectivity index (χ0) is 25.2. The highest BCUT2D eigenvalue weighted by Gasteiger charge is 2.25. The Bertz CT molecular complexity index is 1190. The smallest absolute Gasteiger partial charge is 0.200 e. The van der Waals surface area contributed by atoms with Crippen molar-refractivity contribution in [2.24, 2.45) is 0 Å². The van der Waals surface area contributed by atoms with E-state index in [2.05, 4.69) is 60.3 Å². The molecule has 0 spiro atoms. The number of aryl methyl sites for hydroxylation is 1. The van der Waals surface area contributed by atoms with Crippen LogP contribution in [0.1, 0.15) is 25.3 Å². The van der Waals surface area contributed by atoms with Crippen LogP contribution >= 0.6 is 0 Å². The first-order chi connectivity index (χ1) is 16.9. The fraction of sp³-hybridized carbons (Fsp3) is 0.179. The molecule has 3 aromatic carbocycles. The lowest BCUT2D eigenvalue weighted by Gasteiger charge is -2.07. The average Bonchev–Trinajstić information content (AvgIpc) is 2.91. The molecule has 0 saturated heterocycles. The number of rotatable bonds is 7. The van der Waals surface area contributed by atoms with Gasteiger partial charge in [0, 0.05) is 18.6 Å². The van der Waals surface area contributed by atoms with E-state index in [0.717, 1.165) is 13.8 Å². The average molecular weight is 481 g/mol. The molecule has 35 heavy (non-hydrogen) atoms. The lowest BCUT2D eigenvalue weighted by Crippen LogP contribution is -2.32. The Morgan fingerprint density at radius 1 is 0.629 bits per heavy atom. The van der Waals surface area contributed by atoms with Gasteiger partial charge < -0.3 is 0 Å². The molecule has 1 nitrogen and oxygen atoms in total. The summed E-state index contributed by atoms with van der Waals surface area (Å²) in [7, 11) is 0.978. The summed E-state index contributed by atoms with van der Waals surface area (Å²) in [6, 6.07) is 23.4. The molecule has 7 heteroatoms. The molecule has 0 aliphatic carbocycles. The number of benzene rings is 3. The predicted molar refractivity (Wildman–Crippen MR) is 129 cm³/mol. The molecule has 0 aliphatic rings. The monoisotopic (exact) mass is 481 g/mol. The summed E-state index contributed by atoms with van der Waals surface area (Å²) in [6.45, 7) is 3.34. The Morgan fingerprint density at radius 2 is 1.11 bits per heavy atom. The highest BCUT2D eigenvalue weighted by Crippen LogP contribution is 2.17. The van der Waals surface area contributed by atoms with Crippen LogP contribution in [-0.4, -0.2) is 7.28 Å². The molecule has 0 aliphatic heterocycles. The van der Waals surface area contributed by atoms with Crippen molar-refractivity contribution < 1.29 is 26.5 Å². The molecule has 4 aromatic rings. The number of nitrogens with zero attached hydrogens (tertiary/aromatic N) is 1. The van der Waals surface area contributed by atoms with Crippen molar-refractivity contribution in [2.45, 2.75) is 32.6 Å². The third kappa shape index (κ3) is 7.01. The van der Waals surface area contributed by atoms with E-state index < -0.39 is 34.5 Å². The number of hydrogen-bond donors (Lipinski definition) is 0. The number of unbranched alkanes of at least 4 members (excludes halogenated alkanes) is 1. The van der Waals surface area contributed by atoms with E-state index in [1.165, 1.54) is 24.0 Å². The zero-order valence-electron chi connectivity index (χ0n) is 19.3. The normalized spacial score (nSPS) is 10.5. The summed E-state index contributed by atoms with van der Waals surface area (Å²) in [5, 5.41) is 0. The molecule has 0 unspecified atom stereocenters. The molecule has 1 aromatic heterocycles. The van der Waals surface area contributed by atoms with Crippen LogP contribution in [0.3, 0.4) is 0 Å². The molecule has 0 bridgehead atoms. The van der Waals surface area contributed by atoms with Gasteiger partial charge in [0.1, 0.15) is 6.54 Å². The molecule has 0 saturated carbocycles. The second-order valence-electron chi connectivity index (χ2n) is 7.92. The van der Waals surface area contributed by atoms with Gasteiger partial charge >= 0.3 is 0 Å². The summed E-state index contributed by atoms with van der Waals surface area (Å²) in [5.74, 6) is -9.64. The molecule has 0 N–H and O–H groups in total. The van der Waals surface area contributed by atoms with Crippen molar-refractivity contribution in [1.82, 2.24) is 0 Å². The lowest BCUT2D eigenvalue weighted by molar-refractivity contribution is -0.697. The van der Waals surface area contributed by atoms with E-state index >= 15 is 0 Å². The van der Waals surface area contributed by atoms with Crippen molar-refractivity contribution in [1.29, 1.82) is 0 Å². The topological polar surface area (TPSA) is 3.88 Å². The van der Waals surface area contributed by atoms with Crippen LogP contribution in [0.25, 0.3) is 11.1 Å². The molecule has 0 amide bonds. The van der Waals surface area contributed by atoms with Gasteiger partial charge in [0.05, 0.1) is 0 Å². The summed E-state index contributed by atoms with van der Waals surface area (Å²) in [4.78, 5) is 0. The van der Waals surface area contributed by atoms with Crippen LogP contribution < -0.4 is 10.0 Å². The van der Waals surface area contributed by atoms with Crippen LogP contribution in [-0.2, 0) is 12.9 Å². The van der Waals surface area contributed by atoms with E-state index in [0.29, 0.717) is 5.56 Å². The van der Waals surface area contributed by atoms with Gasteiger partial charge in [0.2, 0.25) is 0 Å². The first kappa shape index (κ1) is 26.1. The SMILES string of the molecule is CCCC[n+]1ccc(-c2ccccc2)cc1.Fc1c(F)c(F)c([B]Cc2ccccc2)c(F)c1F. The van der Waals surface area contributed by atoms with E-state index in [1.807, 2.05) is 6.07 Å². The van der Waals surface area contributed by atoms with Gasteiger partial charge in [-0.1, -0.05) is 79.6 Å². The van der Waals surface area contributed by atoms with Crippen molar-refractivity contribution in [3.63, 3.8) is 0 Å². The maximum Gasteiger partial charge on any atom is 0.200 e. The van der Waals surface area contributed by atoms with E-state index in [9.17, 15) is 22.0 Å². The fourth-order valence-electron chi connectivity index (χ4n) is 3.41. The molecular formula is C28H25BF5N+. The van der Waals surface area contributed by atoms with Gasteiger partial charge in [-0.3, -0.25) is 0 Å². The van der Waals surface area contributed by atoms with Gasteiger partial charge in [0.15, 0.2) is 48.8 Å². The largest absolute Gasteiger partial charge is 0.205 e. The van der Waals surface area contributed by atoms with Gasteiger partial charge in [-0.05, 0) is 22.9 Å². The standard InChI is InChI=1S/C15H18N.C13H7BF5/c1-2-3-11-16-12-9-15(10-13-16)14-7-5-4-6-8-14;15-9-8(10(16)12(18)13(19)11(9)17)14-6-7-4-2-1-3-5-7/h4-10,12-13H,2-3,11H2,1H3;1-5H,6H2/q+1;. The number of halogens is 5. The highest BCUT2D eigenvalue weighted by atomic mass is 19.2. The van der Waals surface area contributed by atoms with Crippen LogP contribution in [0, 0.1) is 29.1 Å². The Balaban J connectivity index is 0.000000198. The first-order valence-electron chi connectivity index (χ1n) is 11.4. The van der Waals surface area contributed by atoms with Gasteiger partial charge in [-0.25, -0.2) is 26.5 Å². The number of pyridine rings is 1. The lowest BCUT2D eigenvalue weighted by atomic mass is 9.64. The van der Waals surface area contributed by atoms with Crippen LogP contribution in [0.5, 0.6) is 0 Å². The van der Waals surface area contributed by atoms with Gasteiger partial charge in [0.25, 0.3) is 0 Å². The van der Waals surface area contributed by atoms with Crippen molar-refractivity contribution in [2.75, 3.05) is 0 Å². The summed E-state index contributed by atoms with van der Waals surface area (Å²) in [5.41, 5.74) is 2.37. The third-order valence-corrected chi connectivity index (χ3v) is 5.40. The Hall–Kier alpha value is -3.48. The number of hydrogen-bond acceptors (Lipinski definition) is 0. The molecule has 179 valence electrons. The number of aromatic nitrogens is 1. The van der Waals surface area contributed by atoms with Crippen LogP contribution in [0.15, 0.2) is 85.2 Å². The molecule has 4 rings (SSSR count). The van der Waals surface area contributed by atoms with Crippen LogP contribution in [0.2, 0.25) is 0 Å². The Labute approximate surface area is 203 Å². The predicted octanol–water partition coefficient (Wildman–Crippen LogP) is 6.35.